The van der Waals surface area contributed by atoms with Crippen LogP contribution in [0.1, 0.15) is 76.7 Å². The molecule has 0 spiro atoms. The highest BCUT2D eigenvalue weighted by Crippen LogP contribution is 2.09. The van der Waals surface area contributed by atoms with E-state index in [1.165, 1.54) is 89.3 Å². The molecule has 144 valence electrons. The molecule has 0 fully saturated rings. The van der Waals surface area contributed by atoms with Gasteiger partial charge in [-0.05, 0) is 18.4 Å². The van der Waals surface area contributed by atoms with Gasteiger partial charge in [0, 0.05) is 6.42 Å². The Bertz CT molecular complexity index is 320. The van der Waals surface area contributed by atoms with Crippen molar-refractivity contribution in [3.8, 4) is 0 Å². The molecule has 1 aromatic rings. The van der Waals surface area contributed by atoms with Crippen LogP contribution in [0.3, 0.4) is 0 Å². The van der Waals surface area contributed by atoms with Crippen LogP contribution in [0.25, 0.3) is 0 Å². The van der Waals surface area contributed by atoms with E-state index in [0.29, 0.717) is 0 Å². The van der Waals surface area contributed by atoms with Crippen LogP contribution in [0.4, 0.5) is 0 Å². The fourth-order valence-electron chi connectivity index (χ4n) is 2.83. The molecule has 0 amide bonds. The largest absolute Gasteiger partial charge is 1.00 e. The molecule has 0 aliphatic rings. The maximum Gasteiger partial charge on any atom is 0.0796 e. The Morgan fingerprint density at radius 2 is 1.12 bits per heavy atom. The molecule has 0 bridgehead atoms. The van der Waals surface area contributed by atoms with Gasteiger partial charge in [-0.25, -0.2) is 0 Å². The van der Waals surface area contributed by atoms with Crippen LogP contribution in [0.2, 0.25) is 0 Å². The van der Waals surface area contributed by atoms with E-state index in [1.807, 2.05) is 0 Å². The molecule has 1 rings (SSSR count). The van der Waals surface area contributed by atoms with Gasteiger partial charge in [0.25, 0.3) is 0 Å². The number of hydrogen-bond acceptors (Lipinski definition) is 0. The summed E-state index contributed by atoms with van der Waals surface area (Å²) in [6.45, 7) is 4.83. The highest BCUT2D eigenvalue weighted by Gasteiger charge is 1.96. The molecule has 0 aliphatic carbocycles. The fraction of sp³-hybridized carbons (Fsp3) is 0.700. The number of hydrogen-bond donors (Lipinski definition) is 1. The highest BCUT2D eigenvalue weighted by molar-refractivity contribution is 5.14. The molecule has 2 N–H and O–H groups in total. The molecule has 1 nitrogen and oxygen atoms in total. The fourth-order valence-corrected chi connectivity index (χ4v) is 2.83. The minimum atomic E-state index is 0. The number of quaternary nitrogens is 1. The summed E-state index contributed by atoms with van der Waals surface area (Å²) in [7, 11) is 0. The van der Waals surface area contributed by atoms with Gasteiger partial charge in [-0.2, -0.15) is 0 Å². The topological polar surface area (TPSA) is 16.6 Å². The minimum Gasteiger partial charge on any atom is -1.00 e. The van der Waals surface area contributed by atoms with Crippen molar-refractivity contribution in [2.24, 2.45) is 0 Å². The molecule has 0 aromatic heterocycles. The summed E-state index contributed by atoms with van der Waals surface area (Å²) in [4.78, 5) is 0. The minimum absolute atomic E-state index is 0. The first-order valence-corrected chi connectivity index (χ1v) is 9.29. The van der Waals surface area contributed by atoms with E-state index in [1.54, 1.807) is 0 Å². The second kappa shape index (κ2) is 23.1. The van der Waals surface area contributed by atoms with Gasteiger partial charge < -0.3 is 42.5 Å². The Labute approximate surface area is 169 Å². The summed E-state index contributed by atoms with van der Waals surface area (Å²) in [5.74, 6) is 0. The van der Waals surface area contributed by atoms with Crippen molar-refractivity contribution in [3.05, 3.63) is 35.9 Å². The molecule has 24 heavy (non-hydrogen) atoms. The first-order valence-electron chi connectivity index (χ1n) is 9.29. The Morgan fingerprint density at radius 3 is 1.67 bits per heavy atom. The van der Waals surface area contributed by atoms with Crippen molar-refractivity contribution in [2.75, 3.05) is 13.1 Å². The smallest absolute Gasteiger partial charge is 0.0796 e. The van der Waals surface area contributed by atoms with Gasteiger partial charge in [0.2, 0.25) is 0 Å². The third-order valence-corrected chi connectivity index (χ3v) is 4.24. The highest BCUT2D eigenvalue weighted by atomic mass is 35.5. The number of rotatable bonds is 14. The SMILES string of the molecule is CCCCCCCCCCCC[NH2+]CCc1ccccc1.[Cl-].[Cl-].[Cl-]. The standard InChI is InChI=1S/C20H35N.3ClH/c1-2-3-4-5-6-7-8-9-10-14-18-21-19-17-20-15-12-11-13-16-20;;;/h11-13,15-16,21H,2-10,14,17-19H2,1H3;3*1H/p-2. The second-order valence-electron chi connectivity index (χ2n) is 6.28. The van der Waals surface area contributed by atoms with Crippen molar-refractivity contribution in [1.82, 2.24) is 0 Å². The zero-order valence-electron chi connectivity index (χ0n) is 15.3. The third-order valence-electron chi connectivity index (χ3n) is 4.24. The molecule has 1 aromatic carbocycles. The van der Waals surface area contributed by atoms with E-state index in [9.17, 15) is 0 Å². The number of nitrogens with two attached hydrogens (primary N) is 1. The van der Waals surface area contributed by atoms with Crippen molar-refractivity contribution < 1.29 is 42.5 Å². The van der Waals surface area contributed by atoms with Crippen LogP contribution in [-0.2, 0) is 6.42 Å². The maximum absolute atomic E-state index is 2.48. The molecule has 0 heterocycles. The predicted molar refractivity (Wildman–Crippen MR) is 93.6 cm³/mol. The lowest BCUT2D eigenvalue weighted by Crippen LogP contribution is -3.00. The van der Waals surface area contributed by atoms with Crippen molar-refractivity contribution in [3.63, 3.8) is 0 Å². The zero-order chi connectivity index (χ0) is 15.0. The summed E-state index contributed by atoms with van der Waals surface area (Å²) in [5, 5.41) is 2.48. The van der Waals surface area contributed by atoms with E-state index in [2.05, 4.69) is 42.6 Å². The average molecular weight is 397 g/mol. The van der Waals surface area contributed by atoms with Gasteiger partial charge in [0.05, 0.1) is 13.1 Å². The van der Waals surface area contributed by atoms with E-state index in [-0.39, 0.29) is 37.2 Å². The Morgan fingerprint density at radius 1 is 0.625 bits per heavy atom. The van der Waals surface area contributed by atoms with Gasteiger partial charge in [0.15, 0.2) is 0 Å². The van der Waals surface area contributed by atoms with Gasteiger partial charge >= 0.3 is 0 Å². The first kappa shape index (κ1) is 28.8. The van der Waals surface area contributed by atoms with Crippen LogP contribution in [0.15, 0.2) is 30.3 Å². The monoisotopic (exact) mass is 395 g/mol. The molecule has 0 atom stereocenters. The van der Waals surface area contributed by atoms with E-state index in [0.717, 1.165) is 0 Å². The van der Waals surface area contributed by atoms with E-state index < -0.39 is 0 Å². The Balaban J connectivity index is -0.00000147. The summed E-state index contributed by atoms with van der Waals surface area (Å²) >= 11 is 0. The van der Waals surface area contributed by atoms with Gasteiger partial charge in [-0.3, -0.25) is 0 Å². The molecule has 0 saturated carbocycles. The average Bonchev–Trinajstić information content (AvgIpc) is 2.53. The lowest BCUT2D eigenvalue weighted by molar-refractivity contribution is -0.654. The Hall–Kier alpha value is 0.0500. The van der Waals surface area contributed by atoms with Gasteiger partial charge in [-0.15, -0.1) is 0 Å². The van der Waals surface area contributed by atoms with Crippen molar-refractivity contribution in [1.29, 1.82) is 0 Å². The number of benzene rings is 1. The summed E-state index contributed by atoms with van der Waals surface area (Å²) in [5.41, 5.74) is 1.47. The second-order valence-corrected chi connectivity index (χ2v) is 6.28. The maximum atomic E-state index is 2.48. The summed E-state index contributed by atoms with van der Waals surface area (Å²) in [6, 6.07) is 10.8. The molecular formula is C20H36Cl3N-2. The van der Waals surface area contributed by atoms with Crippen LogP contribution >= 0.6 is 0 Å². The predicted octanol–water partition coefficient (Wildman–Crippen LogP) is -4.27. The van der Waals surface area contributed by atoms with Crippen LogP contribution in [-0.4, -0.2) is 13.1 Å². The van der Waals surface area contributed by atoms with Crippen LogP contribution in [0.5, 0.6) is 0 Å². The van der Waals surface area contributed by atoms with Crippen LogP contribution in [0, 0.1) is 0 Å². The molecular weight excluding hydrogens is 361 g/mol. The third kappa shape index (κ3) is 18.4. The molecule has 4 heteroatoms. The number of halogens is 3. The van der Waals surface area contributed by atoms with E-state index >= 15 is 0 Å². The van der Waals surface area contributed by atoms with Gasteiger partial charge in [-0.1, -0.05) is 88.6 Å². The Kier molecular flexibility index (Phi) is 27.7. The summed E-state index contributed by atoms with van der Waals surface area (Å²) < 4.78 is 0. The normalized spacial score (nSPS) is 9.54. The lowest BCUT2D eigenvalue weighted by Gasteiger charge is -2.03. The first-order chi connectivity index (χ1) is 10.4. The molecule has 0 saturated heterocycles. The quantitative estimate of drug-likeness (QED) is 0.307. The van der Waals surface area contributed by atoms with Crippen molar-refractivity contribution >= 4 is 0 Å². The number of unbranched alkanes of at least 4 members (excludes halogenated alkanes) is 9. The van der Waals surface area contributed by atoms with Crippen molar-refractivity contribution in [2.45, 2.75) is 77.6 Å². The molecule has 0 unspecified atom stereocenters. The molecule has 0 radical (unpaired) electrons. The van der Waals surface area contributed by atoms with Crippen LogP contribution < -0.4 is 42.5 Å². The summed E-state index contributed by atoms with van der Waals surface area (Å²) in [6.07, 6.45) is 15.6. The lowest BCUT2D eigenvalue weighted by atomic mass is 10.1. The zero-order valence-corrected chi connectivity index (χ0v) is 17.6. The van der Waals surface area contributed by atoms with Gasteiger partial charge in [0.1, 0.15) is 0 Å². The van der Waals surface area contributed by atoms with E-state index in [4.69, 9.17) is 0 Å². The molecule has 0 aliphatic heterocycles.